The molecule has 0 aliphatic carbocycles. The van der Waals surface area contributed by atoms with E-state index in [1.807, 2.05) is 55.5 Å². The molecular weight excluding hydrogens is 480 g/mol. The van der Waals surface area contributed by atoms with Crippen molar-refractivity contribution in [3.05, 3.63) is 101 Å². The van der Waals surface area contributed by atoms with Gasteiger partial charge in [-0.1, -0.05) is 65.9 Å². The normalized spacial score (nSPS) is 15.7. The van der Waals surface area contributed by atoms with E-state index in [1.165, 1.54) is 17.8 Å². The second-order valence-corrected chi connectivity index (χ2v) is 11.2. The number of thioether (sulfide) groups is 1. The van der Waals surface area contributed by atoms with Gasteiger partial charge in [-0.25, -0.2) is 8.42 Å². The van der Waals surface area contributed by atoms with Crippen LogP contribution >= 0.6 is 11.8 Å². The summed E-state index contributed by atoms with van der Waals surface area (Å²) < 4.78 is 30.7. The number of amidine groups is 1. The van der Waals surface area contributed by atoms with Gasteiger partial charge in [0.25, 0.3) is 0 Å². The molecule has 1 aliphatic rings. The van der Waals surface area contributed by atoms with Crippen LogP contribution in [0, 0.1) is 6.92 Å². The molecule has 0 fully saturated rings. The Morgan fingerprint density at radius 3 is 2.54 bits per heavy atom. The van der Waals surface area contributed by atoms with Crippen molar-refractivity contribution in [2.24, 2.45) is 4.99 Å². The average molecular weight is 507 g/mol. The van der Waals surface area contributed by atoms with Gasteiger partial charge in [-0.05, 0) is 54.0 Å². The number of carbonyl (C=O) groups is 1. The number of amides is 1. The molecule has 0 saturated heterocycles. The molecule has 180 valence electrons. The highest BCUT2D eigenvalue weighted by atomic mass is 32.2. The van der Waals surface area contributed by atoms with Gasteiger partial charge in [0.05, 0.1) is 23.8 Å². The van der Waals surface area contributed by atoms with Crippen LogP contribution in [0.15, 0.2) is 88.8 Å². The number of methoxy groups -OCH3 is 1. The SMILES string of the molecule is COc1ccc(C2CSC(NC(=O)/C=C/c3ccc(S(=O)(=O)Cc4cccc(C)c4)cc3)=N2)cc1. The standard InChI is InChI=1S/C27H26N2O4S2/c1-19-4-3-5-21(16-19)18-35(31,32)24-13-6-20(7-14-24)8-15-26(30)29-27-28-25(17-34-27)22-9-11-23(33-2)12-10-22/h3-16,25H,17-18H2,1-2H3,(H,28,29,30)/b15-8+. The number of sulfone groups is 1. The Kier molecular flexibility index (Phi) is 7.73. The Balaban J connectivity index is 1.34. The van der Waals surface area contributed by atoms with Crippen molar-refractivity contribution >= 4 is 38.7 Å². The second kappa shape index (κ2) is 10.9. The van der Waals surface area contributed by atoms with Gasteiger partial charge in [0.1, 0.15) is 5.75 Å². The van der Waals surface area contributed by atoms with E-state index in [-0.39, 0.29) is 22.6 Å². The van der Waals surface area contributed by atoms with E-state index in [4.69, 9.17) is 4.74 Å². The molecule has 8 heteroatoms. The largest absolute Gasteiger partial charge is 0.497 e. The number of aliphatic imine (C=N–C) groups is 1. The zero-order valence-corrected chi connectivity index (χ0v) is 21.1. The van der Waals surface area contributed by atoms with Crippen LogP contribution < -0.4 is 10.1 Å². The van der Waals surface area contributed by atoms with Crippen molar-refractivity contribution in [1.82, 2.24) is 5.32 Å². The van der Waals surface area contributed by atoms with Crippen molar-refractivity contribution in [2.45, 2.75) is 23.6 Å². The summed E-state index contributed by atoms with van der Waals surface area (Å²) in [5, 5.41) is 3.39. The van der Waals surface area contributed by atoms with E-state index in [0.717, 1.165) is 33.8 Å². The highest BCUT2D eigenvalue weighted by Gasteiger charge is 2.21. The molecule has 0 bridgehead atoms. The lowest BCUT2D eigenvalue weighted by atomic mass is 10.1. The number of aryl methyl sites for hydroxylation is 1. The number of rotatable bonds is 7. The molecule has 4 rings (SSSR count). The third-order valence-corrected chi connectivity index (χ3v) is 8.15. The zero-order valence-electron chi connectivity index (χ0n) is 19.5. The smallest absolute Gasteiger partial charge is 0.249 e. The first-order valence-electron chi connectivity index (χ1n) is 11.0. The van der Waals surface area contributed by atoms with Crippen molar-refractivity contribution in [2.75, 3.05) is 12.9 Å². The van der Waals surface area contributed by atoms with Gasteiger partial charge in [-0.2, -0.15) is 0 Å². The minimum absolute atomic E-state index is 0.0144. The molecule has 3 aromatic carbocycles. The number of nitrogens with one attached hydrogen (secondary N) is 1. The lowest BCUT2D eigenvalue weighted by Crippen LogP contribution is -2.25. The van der Waals surface area contributed by atoms with Crippen molar-refractivity contribution in [3.63, 3.8) is 0 Å². The summed E-state index contributed by atoms with van der Waals surface area (Å²) in [7, 11) is -1.83. The van der Waals surface area contributed by atoms with Crippen LogP contribution in [0.5, 0.6) is 5.75 Å². The van der Waals surface area contributed by atoms with Crippen molar-refractivity contribution in [3.8, 4) is 5.75 Å². The quantitative estimate of drug-likeness (QED) is 0.458. The number of hydrogen-bond acceptors (Lipinski definition) is 6. The van der Waals surface area contributed by atoms with Gasteiger partial charge < -0.3 is 10.1 Å². The van der Waals surface area contributed by atoms with E-state index in [1.54, 1.807) is 37.5 Å². The van der Waals surface area contributed by atoms with Crippen LogP contribution in [-0.2, 0) is 20.4 Å². The zero-order chi connectivity index (χ0) is 24.8. The third kappa shape index (κ3) is 6.61. The van der Waals surface area contributed by atoms with E-state index >= 15 is 0 Å². The summed E-state index contributed by atoms with van der Waals surface area (Å²) in [6, 6.07) is 21.7. The highest BCUT2D eigenvalue weighted by Crippen LogP contribution is 2.30. The molecule has 6 nitrogen and oxygen atoms in total. The van der Waals surface area contributed by atoms with Crippen LogP contribution in [0.1, 0.15) is 28.3 Å². The summed E-state index contributed by atoms with van der Waals surface area (Å²) in [4.78, 5) is 17.2. The van der Waals surface area contributed by atoms with E-state index in [2.05, 4.69) is 10.3 Å². The van der Waals surface area contributed by atoms with Gasteiger partial charge in [-0.3, -0.25) is 9.79 Å². The maximum absolute atomic E-state index is 12.7. The first kappa shape index (κ1) is 24.8. The lowest BCUT2D eigenvalue weighted by molar-refractivity contribution is -0.115. The van der Waals surface area contributed by atoms with Gasteiger partial charge >= 0.3 is 0 Å². The first-order chi connectivity index (χ1) is 16.8. The average Bonchev–Trinajstić information content (AvgIpc) is 3.31. The van der Waals surface area contributed by atoms with Gasteiger partial charge in [0.2, 0.25) is 5.91 Å². The number of benzene rings is 3. The predicted molar refractivity (Wildman–Crippen MR) is 141 cm³/mol. The maximum Gasteiger partial charge on any atom is 0.249 e. The third-order valence-electron chi connectivity index (χ3n) is 5.49. The fourth-order valence-corrected chi connectivity index (χ4v) is 5.94. The van der Waals surface area contributed by atoms with Gasteiger partial charge in [-0.15, -0.1) is 0 Å². The molecule has 1 amide bonds. The Hall–Kier alpha value is -3.36. The summed E-state index contributed by atoms with van der Waals surface area (Å²) >= 11 is 1.50. The Bertz CT molecular complexity index is 1360. The number of hydrogen-bond donors (Lipinski definition) is 1. The maximum atomic E-state index is 12.7. The van der Waals surface area contributed by atoms with E-state index < -0.39 is 9.84 Å². The molecule has 1 unspecified atom stereocenters. The highest BCUT2D eigenvalue weighted by molar-refractivity contribution is 8.14. The van der Waals surface area contributed by atoms with Crippen LogP contribution in [0.4, 0.5) is 0 Å². The molecule has 35 heavy (non-hydrogen) atoms. The van der Waals surface area contributed by atoms with Crippen LogP contribution in [0.3, 0.4) is 0 Å². The summed E-state index contributed by atoms with van der Waals surface area (Å²) in [6.07, 6.45) is 3.06. The number of carbonyl (C=O) groups excluding carboxylic acids is 1. The number of ether oxygens (including phenoxy) is 1. The second-order valence-electron chi connectivity index (χ2n) is 8.17. The van der Waals surface area contributed by atoms with Crippen LogP contribution in [-0.4, -0.2) is 32.4 Å². The summed E-state index contributed by atoms with van der Waals surface area (Å²) in [6.45, 7) is 1.94. The van der Waals surface area contributed by atoms with Crippen LogP contribution in [0.2, 0.25) is 0 Å². The summed E-state index contributed by atoms with van der Waals surface area (Å²) in [5.41, 5.74) is 3.57. The Labute approximate surface area is 210 Å². The molecule has 0 spiro atoms. The molecule has 0 radical (unpaired) electrons. The Morgan fingerprint density at radius 2 is 1.86 bits per heavy atom. The summed E-state index contributed by atoms with van der Waals surface area (Å²) in [5.74, 6) is 1.20. The Morgan fingerprint density at radius 1 is 1.11 bits per heavy atom. The fourth-order valence-electron chi connectivity index (χ4n) is 3.65. The van der Waals surface area contributed by atoms with Gasteiger partial charge in [0, 0.05) is 11.8 Å². The molecule has 3 aromatic rings. The molecule has 1 heterocycles. The molecule has 1 atom stereocenters. The predicted octanol–water partition coefficient (Wildman–Crippen LogP) is 4.95. The minimum Gasteiger partial charge on any atom is -0.497 e. The fraction of sp³-hybridized carbons (Fsp3) is 0.185. The molecule has 0 aromatic heterocycles. The molecule has 0 saturated carbocycles. The number of nitrogens with zero attached hydrogens (tertiary/aromatic N) is 1. The first-order valence-corrected chi connectivity index (χ1v) is 13.7. The van der Waals surface area contributed by atoms with Crippen molar-refractivity contribution < 1.29 is 17.9 Å². The van der Waals surface area contributed by atoms with Crippen molar-refractivity contribution in [1.29, 1.82) is 0 Å². The van der Waals surface area contributed by atoms with E-state index in [9.17, 15) is 13.2 Å². The monoisotopic (exact) mass is 506 g/mol. The molecule has 1 aliphatic heterocycles. The topological polar surface area (TPSA) is 84.8 Å². The molecular formula is C27H26N2O4S2. The van der Waals surface area contributed by atoms with Gasteiger partial charge in [0.15, 0.2) is 15.0 Å². The van der Waals surface area contributed by atoms with E-state index in [0.29, 0.717) is 5.17 Å². The molecule has 1 N–H and O–H groups in total. The van der Waals surface area contributed by atoms with Crippen LogP contribution in [0.25, 0.3) is 6.08 Å². The lowest BCUT2D eigenvalue weighted by Gasteiger charge is -2.06. The minimum atomic E-state index is -3.45.